The van der Waals surface area contributed by atoms with Crippen LogP contribution >= 0.6 is 15.9 Å². The lowest BCUT2D eigenvalue weighted by molar-refractivity contribution is -0.136. The predicted molar refractivity (Wildman–Crippen MR) is 111 cm³/mol. The third-order valence-corrected chi connectivity index (χ3v) is 5.59. The van der Waals surface area contributed by atoms with Crippen molar-refractivity contribution in [3.8, 4) is 5.75 Å². The fourth-order valence-electron chi connectivity index (χ4n) is 3.25. The number of carbonyl (C=O) groups excluding carboxylic acids is 1. The molecule has 1 atom stereocenters. The van der Waals surface area contributed by atoms with Crippen LogP contribution in [0, 0.1) is 0 Å². The lowest BCUT2D eigenvalue weighted by Crippen LogP contribution is -2.06. The monoisotopic (exact) mass is 436 g/mol. The van der Waals surface area contributed by atoms with E-state index in [-0.39, 0.29) is 12.1 Å². The first-order valence-corrected chi connectivity index (χ1v) is 10.1. The lowest BCUT2D eigenvalue weighted by Gasteiger charge is -2.21. The zero-order valence-corrected chi connectivity index (χ0v) is 18.4. The highest BCUT2D eigenvalue weighted by molar-refractivity contribution is 9.11. The molecule has 4 nitrogen and oxygen atoms in total. The van der Waals surface area contributed by atoms with Crippen molar-refractivity contribution in [1.29, 1.82) is 0 Å². The smallest absolute Gasteiger partial charge is 0.335 e. The molecule has 1 aromatic rings. The third-order valence-electron chi connectivity index (χ3n) is 4.89. The van der Waals surface area contributed by atoms with Crippen molar-refractivity contribution in [2.45, 2.75) is 52.1 Å². The van der Waals surface area contributed by atoms with Gasteiger partial charge in [0.05, 0.1) is 18.8 Å². The summed E-state index contributed by atoms with van der Waals surface area (Å²) in [4.78, 5) is 11.7. The zero-order valence-electron chi connectivity index (χ0n) is 16.8. The quantitative estimate of drug-likeness (QED) is 0.360. The van der Waals surface area contributed by atoms with E-state index in [1.165, 1.54) is 11.1 Å². The van der Waals surface area contributed by atoms with Gasteiger partial charge in [0.2, 0.25) is 0 Å². The van der Waals surface area contributed by atoms with E-state index in [0.29, 0.717) is 18.9 Å². The normalized spacial score (nSPS) is 16.1. The Kier molecular flexibility index (Phi) is 8.11. The number of benzene rings is 1. The van der Waals surface area contributed by atoms with E-state index in [1.54, 1.807) is 14.2 Å². The molecule has 0 spiro atoms. The molecule has 1 aliphatic rings. The first-order chi connectivity index (χ1) is 12.9. The number of halogens is 1. The van der Waals surface area contributed by atoms with Gasteiger partial charge in [0.15, 0.2) is 0 Å². The average molecular weight is 437 g/mol. The molecule has 27 heavy (non-hydrogen) atoms. The summed E-state index contributed by atoms with van der Waals surface area (Å²) in [5, 5.41) is 0. The molecule has 0 aromatic heterocycles. The van der Waals surface area contributed by atoms with Gasteiger partial charge in [-0.2, -0.15) is 0 Å². The Hall–Kier alpha value is -1.59. The molecular formula is C22H29BrO4. The summed E-state index contributed by atoms with van der Waals surface area (Å²) >= 11 is 3.41. The summed E-state index contributed by atoms with van der Waals surface area (Å²) in [6, 6.07) is 6.23. The molecule has 0 amide bonds. The van der Waals surface area contributed by atoms with Crippen molar-refractivity contribution in [3.05, 3.63) is 51.0 Å². The molecule has 0 radical (unpaired) electrons. The second-order valence-electron chi connectivity index (χ2n) is 7.09. The number of ether oxygens (including phenoxy) is 3. The Morgan fingerprint density at radius 3 is 2.56 bits per heavy atom. The van der Waals surface area contributed by atoms with Gasteiger partial charge in [0, 0.05) is 17.2 Å². The van der Waals surface area contributed by atoms with Crippen LogP contribution < -0.4 is 4.74 Å². The van der Waals surface area contributed by atoms with E-state index in [2.05, 4.69) is 61.0 Å². The van der Waals surface area contributed by atoms with Gasteiger partial charge in [0.25, 0.3) is 0 Å². The molecule has 0 fully saturated rings. The van der Waals surface area contributed by atoms with Crippen molar-refractivity contribution in [1.82, 2.24) is 0 Å². The van der Waals surface area contributed by atoms with Crippen molar-refractivity contribution >= 4 is 21.9 Å². The van der Waals surface area contributed by atoms with Gasteiger partial charge in [0.1, 0.15) is 12.4 Å². The zero-order chi connectivity index (χ0) is 20.0. The van der Waals surface area contributed by atoms with Crippen LogP contribution in [-0.2, 0) is 14.3 Å². The maximum absolute atomic E-state index is 11.7. The fourth-order valence-corrected chi connectivity index (χ4v) is 3.73. The van der Waals surface area contributed by atoms with E-state index in [0.717, 1.165) is 34.2 Å². The van der Waals surface area contributed by atoms with E-state index in [9.17, 15) is 4.79 Å². The first-order valence-electron chi connectivity index (χ1n) is 9.28. The summed E-state index contributed by atoms with van der Waals surface area (Å²) < 4.78 is 17.4. The highest BCUT2D eigenvalue weighted by Crippen LogP contribution is 2.36. The van der Waals surface area contributed by atoms with Crippen molar-refractivity contribution in [3.63, 3.8) is 0 Å². The molecular weight excluding hydrogens is 408 g/mol. The maximum Gasteiger partial charge on any atom is 0.335 e. The van der Waals surface area contributed by atoms with Crippen LogP contribution in [0.2, 0.25) is 0 Å². The Balaban J connectivity index is 2.08. The molecule has 0 N–H and O–H groups in total. The number of methoxy groups -OCH3 is 2. The van der Waals surface area contributed by atoms with Gasteiger partial charge >= 0.3 is 5.97 Å². The number of hydrogen-bond donors (Lipinski definition) is 0. The van der Waals surface area contributed by atoms with Crippen LogP contribution in [0.4, 0.5) is 0 Å². The minimum atomic E-state index is -0.209. The van der Waals surface area contributed by atoms with Crippen LogP contribution in [0.1, 0.15) is 63.2 Å². The highest BCUT2D eigenvalue weighted by Gasteiger charge is 2.23. The summed E-state index contributed by atoms with van der Waals surface area (Å²) in [5.41, 5.74) is 4.23. The van der Waals surface area contributed by atoms with Crippen molar-refractivity contribution in [2.24, 2.45) is 0 Å². The Labute approximate surface area is 170 Å². The molecule has 1 aromatic carbocycles. The Bertz CT molecular complexity index is 734. The Morgan fingerprint density at radius 2 is 2.00 bits per heavy atom. The van der Waals surface area contributed by atoms with Crippen LogP contribution in [0.3, 0.4) is 0 Å². The highest BCUT2D eigenvalue weighted by atomic mass is 79.9. The molecule has 2 rings (SSSR count). The average Bonchev–Trinajstić information content (AvgIpc) is 2.97. The summed E-state index contributed by atoms with van der Waals surface area (Å²) in [7, 11) is 3.44. The van der Waals surface area contributed by atoms with Gasteiger partial charge < -0.3 is 14.2 Å². The SMILES string of the molecule is COc1c(C(C)C)cccc1C(C/C=C(\C)CCC1=C(Br)COC1=O)OC. The van der Waals surface area contributed by atoms with E-state index < -0.39 is 0 Å². The molecule has 1 aliphatic heterocycles. The minimum absolute atomic E-state index is 0.0732. The van der Waals surface area contributed by atoms with Gasteiger partial charge in [-0.1, -0.05) is 59.6 Å². The largest absolute Gasteiger partial charge is 0.496 e. The first kappa shape index (κ1) is 21.7. The number of rotatable bonds is 9. The van der Waals surface area contributed by atoms with E-state index >= 15 is 0 Å². The maximum atomic E-state index is 11.7. The van der Waals surface area contributed by atoms with Gasteiger partial charge in [-0.05, 0) is 37.7 Å². The topological polar surface area (TPSA) is 44.8 Å². The van der Waals surface area contributed by atoms with Gasteiger partial charge in [-0.25, -0.2) is 4.79 Å². The van der Waals surface area contributed by atoms with Crippen molar-refractivity contribution in [2.75, 3.05) is 20.8 Å². The third kappa shape index (κ3) is 5.45. The van der Waals surface area contributed by atoms with Crippen LogP contribution in [0.5, 0.6) is 5.75 Å². The van der Waals surface area contributed by atoms with E-state index in [1.807, 2.05) is 0 Å². The number of hydrogen-bond acceptors (Lipinski definition) is 4. The van der Waals surface area contributed by atoms with E-state index in [4.69, 9.17) is 14.2 Å². The number of carbonyl (C=O) groups is 1. The standard InChI is InChI=1S/C22H29BrO4/c1-14(2)16-7-6-8-18(21(16)26-5)20(25-4)12-10-15(3)9-11-17-19(23)13-27-22(17)24/h6-8,10,14,20H,9,11-13H2,1-5H3/b15-10+. The molecule has 0 saturated carbocycles. The van der Waals surface area contributed by atoms with Crippen LogP contribution in [0.15, 0.2) is 39.9 Å². The number of cyclic esters (lactones) is 1. The lowest BCUT2D eigenvalue weighted by atomic mass is 9.95. The number of allylic oxidation sites excluding steroid dienone is 1. The molecule has 0 aliphatic carbocycles. The predicted octanol–water partition coefficient (Wildman–Crippen LogP) is 5.83. The summed E-state index contributed by atoms with van der Waals surface area (Å²) in [6.45, 7) is 6.76. The molecule has 0 bridgehead atoms. The molecule has 0 saturated heterocycles. The molecule has 148 valence electrons. The molecule has 1 heterocycles. The minimum Gasteiger partial charge on any atom is -0.496 e. The fraction of sp³-hybridized carbons (Fsp3) is 0.500. The number of esters is 1. The van der Waals surface area contributed by atoms with Crippen LogP contribution in [-0.4, -0.2) is 26.8 Å². The summed E-state index contributed by atoms with van der Waals surface area (Å²) in [6.07, 6.45) is 4.37. The molecule has 1 unspecified atom stereocenters. The van der Waals surface area contributed by atoms with Crippen LogP contribution in [0.25, 0.3) is 0 Å². The second kappa shape index (κ2) is 10.1. The second-order valence-corrected chi connectivity index (χ2v) is 8.05. The van der Waals surface area contributed by atoms with Crippen molar-refractivity contribution < 1.29 is 19.0 Å². The summed E-state index contributed by atoms with van der Waals surface area (Å²) in [5.74, 6) is 1.08. The molecule has 5 heteroatoms. The van der Waals surface area contributed by atoms with Gasteiger partial charge in [-0.3, -0.25) is 0 Å². The Morgan fingerprint density at radius 1 is 1.30 bits per heavy atom. The van der Waals surface area contributed by atoms with Gasteiger partial charge in [-0.15, -0.1) is 0 Å². The number of para-hydroxylation sites is 1.